The van der Waals surface area contributed by atoms with Gasteiger partial charge < -0.3 is 10.5 Å². The van der Waals surface area contributed by atoms with E-state index < -0.39 is 0 Å². The van der Waals surface area contributed by atoms with E-state index in [0.29, 0.717) is 12.6 Å². The summed E-state index contributed by atoms with van der Waals surface area (Å²) in [4.78, 5) is 2.42. The van der Waals surface area contributed by atoms with Crippen LogP contribution in [0.5, 0.6) is 5.75 Å². The average Bonchev–Trinajstić information content (AvgIpc) is 2.80. The van der Waals surface area contributed by atoms with Crippen LogP contribution in [-0.2, 0) is 6.54 Å². The lowest BCUT2D eigenvalue weighted by Gasteiger charge is -2.24. The molecule has 0 aliphatic carbocycles. The molecule has 0 bridgehead atoms. The maximum Gasteiger partial charge on any atom is 0.123 e. The van der Waals surface area contributed by atoms with Gasteiger partial charge in [-0.25, -0.2) is 0 Å². The van der Waals surface area contributed by atoms with E-state index in [4.69, 9.17) is 22.1 Å². The maximum atomic E-state index is 6.07. The van der Waals surface area contributed by atoms with Gasteiger partial charge in [-0.1, -0.05) is 11.6 Å². The quantitative estimate of drug-likeness (QED) is 0.908. The molecule has 1 aromatic rings. The number of rotatable bonds is 5. The summed E-state index contributed by atoms with van der Waals surface area (Å²) in [6.07, 6.45) is 2.42. The van der Waals surface area contributed by atoms with Crippen molar-refractivity contribution in [2.24, 2.45) is 5.73 Å². The zero-order valence-corrected chi connectivity index (χ0v) is 12.8. The Morgan fingerprint density at radius 2 is 2.26 bits per heavy atom. The van der Waals surface area contributed by atoms with Crippen molar-refractivity contribution in [3.05, 3.63) is 28.8 Å². The molecule has 0 spiro atoms. The number of likely N-dealkylation sites (tertiary alicyclic amines) is 1. The van der Waals surface area contributed by atoms with Gasteiger partial charge in [-0.2, -0.15) is 0 Å². The Bertz CT molecular complexity index is 401. The summed E-state index contributed by atoms with van der Waals surface area (Å²) in [5, 5.41) is 0.761. The molecule has 0 radical (unpaired) electrons. The summed E-state index contributed by atoms with van der Waals surface area (Å²) < 4.78 is 5.65. The van der Waals surface area contributed by atoms with Crippen molar-refractivity contribution in [1.29, 1.82) is 0 Å². The minimum Gasteiger partial charge on any atom is -0.494 e. The Labute approximate surface area is 126 Å². The van der Waals surface area contributed by atoms with Crippen LogP contribution in [0, 0.1) is 0 Å². The SMILES string of the molecule is CCOc1ccc(Cl)cc1CN1CCC[C@H]1CN.Cl. The highest BCUT2D eigenvalue weighted by atomic mass is 35.5. The Morgan fingerprint density at radius 1 is 1.47 bits per heavy atom. The highest BCUT2D eigenvalue weighted by Gasteiger charge is 2.24. The zero-order valence-electron chi connectivity index (χ0n) is 11.3. The molecule has 19 heavy (non-hydrogen) atoms. The third-order valence-electron chi connectivity index (χ3n) is 3.47. The highest BCUT2D eigenvalue weighted by Crippen LogP contribution is 2.27. The molecular formula is C14H22Cl2N2O. The highest BCUT2D eigenvalue weighted by molar-refractivity contribution is 6.30. The van der Waals surface area contributed by atoms with Crippen molar-refractivity contribution in [3.63, 3.8) is 0 Å². The molecule has 3 nitrogen and oxygen atoms in total. The van der Waals surface area contributed by atoms with Gasteiger partial charge in [-0.05, 0) is 44.5 Å². The Hall–Kier alpha value is -0.480. The van der Waals surface area contributed by atoms with Crippen LogP contribution in [0.25, 0.3) is 0 Å². The average molecular weight is 305 g/mol. The molecule has 1 aliphatic rings. The number of ether oxygens (including phenoxy) is 1. The lowest BCUT2D eigenvalue weighted by atomic mass is 10.1. The van der Waals surface area contributed by atoms with Crippen LogP contribution in [0.1, 0.15) is 25.3 Å². The van der Waals surface area contributed by atoms with Crippen LogP contribution >= 0.6 is 24.0 Å². The van der Waals surface area contributed by atoms with Gasteiger partial charge in [0.05, 0.1) is 6.61 Å². The molecule has 0 unspecified atom stereocenters. The van der Waals surface area contributed by atoms with E-state index in [2.05, 4.69) is 4.90 Å². The molecule has 2 N–H and O–H groups in total. The molecule has 0 amide bonds. The fourth-order valence-electron chi connectivity index (χ4n) is 2.56. The lowest BCUT2D eigenvalue weighted by Crippen LogP contribution is -2.34. The third kappa shape index (κ3) is 4.25. The molecule has 2 rings (SSSR count). The maximum absolute atomic E-state index is 6.07. The van der Waals surface area contributed by atoms with Gasteiger partial charge in [0.2, 0.25) is 0 Å². The number of benzene rings is 1. The predicted molar refractivity (Wildman–Crippen MR) is 82.4 cm³/mol. The molecule has 1 heterocycles. The van der Waals surface area contributed by atoms with Crippen molar-refractivity contribution in [1.82, 2.24) is 4.90 Å². The minimum atomic E-state index is 0. The van der Waals surface area contributed by atoms with Crippen LogP contribution in [-0.4, -0.2) is 30.6 Å². The largest absolute Gasteiger partial charge is 0.494 e. The van der Waals surface area contributed by atoms with E-state index in [1.807, 2.05) is 25.1 Å². The topological polar surface area (TPSA) is 38.5 Å². The minimum absolute atomic E-state index is 0. The summed E-state index contributed by atoms with van der Waals surface area (Å²) >= 11 is 6.07. The smallest absolute Gasteiger partial charge is 0.123 e. The molecule has 1 fully saturated rings. The number of hydrogen-bond donors (Lipinski definition) is 1. The van der Waals surface area contributed by atoms with Gasteiger partial charge in [-0.3, -0.25) is 4.90 Å². The Kier molecular flexibility index (Phi) is 6.94. The molecule has 0 aromatic heterocycles. The van der Waals surface area contributed by atoms with E-state index in [-0.39, 0.29) is 12.4 Å². The van der Waals surface area contributed by atoms with E-state index >= 15 is 0 Å². The van der Waals surface area contributed by atoms with Crippen molar-refractivity contribution in [2.75, 3.05) is 19.7 Å². The van der Waals surface area contributed by atoms with Crippen molar-refractivity contribution >= 4 is 24.0 Å². The first-order valence-electron chi connectivity index (χ1n) is 6.60. The van der Waals surface area contributed by atoms with Crippen molar-refractivity contribution in [2.45, 2.75) is 32.4 Å². The summed E-state index contributed by atoms with van der Waals surface area (Å²) in [7, 11) is 0. The molecular weight excluding hydrogens is 283 g/mol. The monoisotopic (exact) mass is 304 g/mol. The predicted octanol–water partition coefficient (Wildman–Crippen LogP) is 3.08. The van der Waals surface area contributed by atoms with E-state index in [0.717, 1.165) is 36.0 Å². The van der Waals surface area contributed by atoms with Gasteiger partial charge in [0, 0.05) is 29.7 Å². The zero-order chi connectivity index (χ0) is 13.0. The number of hydrogen-bond acceptors (Lipinski definition) is 3. The number of nitrogens with two attached hydrogens (primary N) is 1. The molecule has 1 aliphatic heterocycles. The van der Waals surface area contributed by atoms with Crippen LogP contribution in [0.2, 0.25) is 5.02 Å². The van der Waals surface area contributed by atoms with Gasteiger partial charge in [0.25, 0.3) is 0 Å². The van der Waals surface area contributed by atoms with E-state index in [1.165, 1.54) is 12.8 Å². The fourth-order valence-corrected chi connectivity index (χ4v) is 2.75. The Balaban J connectivity index is 0.00000180. The second kappa shape index (κ2) is 7.95. The van der Waals surface area contributed by atoms with Crippen molar-refractivity contribution < 1.29 is 4.74 Å². The van der Waals surface area contributed by atoms with Gasteiger partial charge in [0.15, 0.2) is 0 Å². The first kappa shape index (κ1) is 16.6. The van der Waals surface area contributed by atoms with E-state index in [9.17, 15) is 0 Å². The standard InChI is InChI=1S/C14H21ClN2O.ClH/c1-2-18-14-6-5-12(15)8-11(14)10-17-7-3-4-13(17)9-16;/h5-6,8,13H,2-4,7,9-10,16H2,1H3;1H/t13-;/m0./s1. The summed E-state index contributed by atoms with van der Waals surface area (Å²) in [6, 6.07) is 6.33. The van der Waals surface area contributed by atoms with Crippen LogP contribution in [0.3, 0.4) is 0 Å². The first-order valence-corrected chi connectivity index (χ1v) is 6.97. The van der Waals surface area contributed by atoms with Crippen LogP contribution in [0.15, 0.2) is 18.2 Å². The number of halogens is 2. The van der Waals surface area contributed by atoms with E-state index in [1.54, 1.807) is 0 Å². The normalized spacial score (nSPS) is 19.2. The molecule has 1 atom stereocenters. The van der Waals surface area contributed by atoms with Crippen LogP contribution < -0.4 is 10.5 Å². The Morgan fingerprint density at radius 3 is 2.95 bits per heavy atom. The molecule has 1 aromatic carbocycles. The van der Waals surface area contributed by atoms with Gasteiger partial charge in [-0.15, -0.1) is 12.4 Å². The van der Waals surface area contributed by atoms with Gasteiger partial charge in [0.1, 0.15) is 5.75 Å². The number of nitrogens with zero attached hydrogens (tertiary/aromatic N) is 1. The fraction of sp³-hybridized carbons (Fsp3) is 0.571. The molecule has 5 heteroatoms. The van der Waals surface area contributed by atoms with Gasteiger partial charge >= 0.3 is 0 Å². The molecule has 0 saturated carbocycles. The molecule has 108 valence electrons. The molecule has 1 saturated heterocycles. The summed E-state index contributed by atoms with van der Waals surface area (Å²) in [5.41, 5.74) is 6.96. The third-order valence-corrected chi connectivity index (χ3v) is 3.70. The summed E-state index contributed by atoms with van der Waals surface area (Å²) in [5.74, 6) is 0.935. The second-order valence-corrected chi connectivity index (χ2v) is 5.12. The van der Waals surface area contributed by atoms with Crippen LogP contribution in [0.4, 0.5) is 0 Å². The lowest BCUT2D eigenvalue weighted by molar-refractivity contribution is 0.243. The summed E-state index contributed by atoms with van der Waals surface area (Å²) in [6.45, 7) is 5.38. The first-order chi connectivity index (χ1) is 8.74. The second-order valence-electron chi connectivity index (χ2n) is 4.69. The van der Waals surface area contributed by atoms with Crippen molar-refractivity contribution in [3.8, 4) is 5.75 Å².